The molecule has 0 atom stereocenters. The second-order valence-electron chi connectivity index (χ2n) is 18.2. The molecule has 2 aliphatic rings. The van der Waals surface area contributed by atoms with Gasteiger partial charge in [-0.05, 0) is 80.1 Å². The fourth-order valence-electron chi connectivity index (χ4n) is 11.4. The van der Waals surface area contributed by atoms with Gasteiger partial charge in [-0.2, -0.15) is 0 Å². The van der Waals surface area contributed by atoms with Gasteiger partial charge in [0.15, 0.2) is 0 Å². The first-order valence-corrected chi connectivity index (χ1v) is 24.9. The first-order valence-electron chi connectivity index (χ1n) is 24.5. The maximum absolute atomic E-state index is 9.93. The van der Waals surface area contributed by atoms with Crippen LogP contribution in [0, 0.1) is 0 Å². The molecule has 2 aliphatic heterocycles. The Morgan fingerprint density at radius 2 is 0.771 bits per heavy atom. The molecule has 2 nitrogen and oxygen atoms in total. The van der Waals surface area contributed by atoms with Gasteiger partial charge in [-0.3, -0.25) is 0 Å². The second kappa shape index (κ2) is 16.5. The SMILES string of the molecule is [2H]c1cc2c3c(c1)N(c1c(-c4ccccc4)cccc1-c1ccccc1)c1ccc(-c4cccc5c4sc4ccccc45)cc1B3c1ccccc1N2c1c(-c2ccccc2)cccc1-c1ccccc1. The minimum absolute atomic E-state index is 0.158. The van der Waals surface area contributed by atoms with Crippen molar-refractivity contribution in [3.05, 3.63) is 261 Å². The van der Waals surface area contributed by atoms with Crippen molar-refractivity contribution in [2.45, 2.75) is 0 Å². The van der Waals surface area contributed by atoms with Gasteiger partial charge in [0.1, 0.15) is 0 Å². The molecular weight excluding hydrogens is 864 g/mol. The average molecular weight is 908 g/mol. The Morgan fingerprint density at radius 3 is 1.33 bits per heavy atom. The quantitative estimate of drug-likeness (QED) is 0.147. The lowest BCUT2D eigenvalue weighted by Gasteiger charge is -2.45. The predicted octanol–water partition coefficient (Wildman–Crippen LogP) is 16.5. The summed E-state index contributed by atoms with van der Waals surface area (Å²) in [4.78, 5) is 4.99. The van der Waals surface area contributed by atoms with Crippen LogP contribution >= 0.6 is 11.3 Å². The van der Waals surface area contributed by atoms with Gasteiger partial charge in [0.2, 0.25) is 0 Å². The number of fused-ring (bicyclic) bond motifs is 7. The molecule has 0 N–H and O–H groups in total. The van der Waals surface area contributed by atoms with E-state index in [1.807, 2.05) is 11.3 Å². The van der Waals surface area contributed by atoms with Crippen molar-refractivity contribution in [1.82, 2.24) is 0 Å². The highest BCUT2D eigenvalue weighted by molar-refractivity contribution is 7.26. The summed E-state index contributed by atoms with van der Waals surface area (Å²) in [6.45, 7) is -0.158. The van der Waals surface area contributed by atoms with E-state index >= 15 is 0 Å². The van der Waals surface area contributed by atoms with Crippen molar-refractivity contribution < 1.29 is 1.37 Å². The monoisotopic (exact) mass is 907 g/mol. The van der Waals surface area contributed by atoms with Crippen LogP contribution in [0.1, 0.15) is 1.37 Å². The van der Waals surface area contributed by atoms with E-state index < -0.39 is 0 Å². The molecule has 0 saturated carbocycles. The Labute approximate surface area is 414 Å². The van der Waals surface area contributed by atoms with Crippen LogP contribution in [0.5, 0.6) is 0 Å². The molecule has 1 aromatic heterocycles. The molecule has 4 heteroatoms. The number of hydrogen-bond donors (Lipinski definition) is 0. The van der Waals surface area contributed by atoms with Gasteiger partial charge in [0.05, 0.1) is 12.7 Å². The second-order valence-corrected chi connectivity index (χ2v) is 19.3. The summed E-state index contributed by atoms with van der Waals surface area (Å²) in [7, 11) is 0. The number of hydrogen-bond acceptors (Lipinski definition) is 3. The van der Waals surface area contributed by atoms with E-state index in [0.717, 1.165) is 78.6 Å². The van der Waals surface area contributed by atoms with Crippen molar-refractivity contribution in [2.75, 3.05) is 9.80 Å². The van der Waals surface area contributed by atoms with Gasteiger partial charge in [0, 0.05) is 65.2 Å². The Balaban J connectivity index is 1.11. The van der Waals surface area contributed by atoms with Crippen LogP contribution in [0.4, 0.5) is 34.1 Å². The minimum atomic E-state index is -0.158. The molecule has 0 fully saturated rings. The molecule has 0 radical (unpaired) electrons. The first-order chi connectivity index (χ1) is 35.2. The van der Waals surface area contributed by atoms with Crippen molar-refractivity contribution in [1.29, 1.82) is 0 Å². The molecule has 326 valence electrons. The Kier molecular flexibility index (Phi) is 9.28. The van der Waals surface area contributed by atoms with E-state index in [-0.39, 0.29) is 6.71 Å². The summed E-state index contributed by atoms with van der Waals surface area (Å²) in [5.41, 5.74) is 21.4. The summed E-state index contributed by atoms with van der Waals surface area (Å²) in [5, 5.41) is 2.58. The summed E-state index contributed by atoms with van der Waals surface area (Å²) in [6, 6.07) is 93.0. The highest BCUT2D eigenvalue weighted by Crippen LogP contribution is 2.52. The normalized spacial score (nSPS) is 12.7. The van der Waals surface area contributed by atoms with E-state index in [0.29, 0.717) is 6.04 Å². The van der Waals surface area contributed by atoms with E-state index in [4.69, 9.17) is 0 Å². The van der Waals surface area contributed by atoms with E-state index in [2.05, 4.69) is 265 Å². The Morgan fingerprint density at radius 1 is 0.329 bits per heavy atom. The molecule has 70 heavy (non-hydrogen) atoms. The third-order valence-corrected chi connectivity index (χ3v) is 15.6. The number of benzene rings is 11. The molecule has 14 rings (SSSR count). The molecule has 0 aliphatic carbocycles. The van der Waals surface area contributed by atoms with Crippen molar-refractivity contribution in [3.63, 3.8) is 0 Å². The van der Waals surface area contributed by atoms with Crippen LogP contribution < -0.4 is 26.2 Å². The standard InChI is InChI=1S/C66H43BN2S/c1-5-21-44(22-6-1)49-30-17-31-50(45-23-7-2-8-24-45)64(49)68-58-37-15-14-36-56(58)67-57-43-48(53-34-19-35-55-54-29-13-16-40-62(54)70-66(53)55)41-42-59(57)69(61-39-20-38-60(68)63(61)67)65-51(46-25-9-3-10-26-46)32-18-33-52(65)47-27-11-4-12-28-47/h1-43H/i20D. The Hall–Kier alpha value is -8.70. The summed E-state index contributed by atoms with van der Waals surface area (Å²) < 4.78 is 12.5. The molecule has 0 spiro atoms. The number of thiophene rings is 1. The first kappa shape index (κ1) is 39.3. The number of para-hydroxylation sites is 3. The van der Waals surface area contributed by atoms with Gasteiger partial charge in [-0.1, -0.05) is 230 Å². The fourth-order valence-corrected chi connectivity index (χ4v) is 12.6. The molecule has 0 amide bonds. The third-order valence-electron chi connectivity index (χ3n) is 14.4. The van der Waals surface area contributed by atoms with E-state index in [9.17, 15) is 1.37 Å². The number of nitrogens with zero attached hydrogens (tertiary/aromatic N) is 2. The zero-order chi connectivity index (χ0) is 47.0. The molecule has 0 unspecified atom stereocenters. The van der Waals surface area contributed by atoms with Crippen LogP contribution in [0.2, 0.25) is 0 Å². The lowest BCUT2D eigenvalue weighted by molar-refractivity contribution is 1.25. The highest BCUT2D eigenvalue weighted by Gasteiger charge is 2.44. The number of rotatable bonds is 7. The lowest BCUT2D eigenvalue weighted by atomic mass is 9.33. The van der Waals surface area contributed by atoms with Gasteiger partial charge < -0.3 is 9.80 Å². The van der Waals surface area contributed by atoms with Crippen molar-refractivity contribution in [3.8, 4) is 55.6 Å². The van der Waals surface area contributed by atoms with Crippen LogP contribution in [0.25, 0.3) is 75.8 Å². The van der Waals surface area contributed by atoms with Crippen molar-refractivity contribution in [2.24, 2.45) is 0 Å². The van der Waals surface area contributed by atoms with Gasteiger partial charge in [0.25, 0.3) is 6.71 Å². The van der Waals surface area contributed by atoms with E-state index in [1.54, 1.807) is 0 Å². The minimum Gasteiger partial charge on any atom is -0.310 e. The van der Waals surface area contributed by atoms with Crippen molar-refractivity contribution >= 4 is 88.7 Å². The molecule has 12 aromatic rings. The lowest BCUT2D eigenvalue weighted by Crippen LogP contribution is -2.61. The fraction of sp³-hybridized carbons (Fsp3) is 0. The molecule has 3 heterocycles. The summed E-state index contributed by atoms with van der Waals surface area (Å²) in [5.74, 6) is 0. The van der Waals surface area contributed by atoms with E-state index in [1.165, 1.54) is 47.7 Å². The van der Waals surface area contributed by atoms with Gasteiger partial charge >= 0.3 is 0 Å². The topological polar surface area (TPSA) is 6.48 Å². The third kappa shape index (κ3) is 6.34. The van der Waals surface area contributed by atoms with Crippen LogP contribution in [0.3, 0.4) is 0 Å². The molecule has 0 saturated heterocycles. The zero-order valence-electron chi connectivity index (χ0n) is 39.1. The van der Waals surface area contributed by atoms with Gasteiger partial charge in [-0.15, -0.1) is 11.3 Å². The van der Waals surface area contributed by atoms with Crippen LogP contribution in [-0.2, 0) is 0 Å². The average Bonchev–Trinajstić information content (AvgIpc) is 3.83. The summed E-state index contributed by atoms with van der Waals surface area (Å²) >= 11 is 1.87. The Bertz CT molecular complexity index is 3890. The summed E-state index contributed by atoms with van der Waals surface area (Å²) in [6.07, 6.45) is 0. The van der Waals surface area contributed by atoms with Crippen LogP contribution in [-0.4, -0.2) is 6.71 Å². The smallest absolute Gasteiger partial charge is 0.252 e. The zero-order valence-corrected chi connectivity index (χ0v) is 38.9. The number of anilines is 6. The molecular formula is C66H43BN2S. The largest absolute Gasteiger partial charge is 0.310 e. The molecule has 11 aromatic carbocycles. The van der Waals surface area contributed by atoms with Crippen LogP contribution in [0.15, 0.2) is 261 Å². The highest BCUT2D eigenvalue weighted by atomic mass is 32.1. The maximum atomic E-state index is 9.93. The predicted molar refractivity (Wildman–Crippen MR) is 301 cm³/mol. The maximum Gasteiger partial charge on any atom is 0.252 e. The molecule has 0 bridgehead atoms. The van der Waals surface area contributed by atoms with Gasteiger partial charge in [-0.25, -0.2) is 0 Å².